The van der Waals surface area contributed by atoms with E-state index in [1.54, 1.807) is 6.92 Å². The number of rotatable bonds is 5. The highest BCUT2D eigenvalue weighted by atomic mass is 32.2. The Hall–Kier alpha value is 0.0869. The van der Waals surface area contributed by atoms with Crippen molar-refractivity contribution >= 4 is 18.4 Å². The molecule has 1 aliphatic carbocycles. The maximum atomic E-state index is 11.5. The van der Waals surface area contributed by atoms with Crippen LogP contribution in [0.25, 0.3) is 0 Å². The molecule has 102 valence electrons. The fourth-order valence-corrected chi connectivity index (χ4v) is 3.54. The van der Waals surface area contributed by atoms with E-state index in [1.807, 2.05) is 0 Å². The van der Waals surface area contributed by atoms with Crippen molar-refractivity contribution in [3.8, 4) is 0 Å². The third-order valence-electron chi connectivity index (χ3n) is 3.54. The van der Waals surface area contributed by atoms with E-state index < -0.39 is 24.2 Å². The van der Waals surface area contributed by atoms with Gasteiger partial charge in [-0.3, -0.25) is 0 Å². The van der Waals surface area contributed by atoms with Gasteiger partial charge in [0.25, 0.3) is 10.1 Å². The Balaban J connectivity index is 2.76. The summed E-state index contributed by atoms with van der Waals surface area (Å²) in [5.41, 5.74) is 0. The average Bonchev–Trinajstić information content (AvgIpc) is 2.80. The predicted octanol–water partition coefficient (Wildman–Crippen LogP) is 2.86. The topological polar surface area (TPSA) is 52.6 Å². The first-order valence-electron chi connectivity index (χ1n) is 6.07. The number of hydrogen-bond donors (Lipinski definition) is 0. The Morgan fingerprint density at radius 1 is 1.24 bits per heavy atom. The lowest BCUT2D eigenvalue weighted by atomic mass is 10.2. The molecule has 0 saturated heterocycles. The van der Waals surface area contributed by atoms with Crippen molar-refractivity contribution in [1.82, 2.24) is 0 Å². The molecule has 0 heterocycles. The van der Waals surface area contributed by atoms with Crippen molar-refractivity contribution < 1.29 is 17.0 Å². The summed E-state index contributed by atoms with van der Waals surface area (Å²) in [7, 11) is -5.42. The molecule has 0 aromatic heterocycles. The minimum atomic E-state index is -3.44. The van der Waals surface area contributed by atoms with Crippen LogP contribution in [-0.2, 0) is 18.7 Å². The van der Waals surface area contributed by atoms with Crippen molar-refractivity contribution in [3.63, 3.8) is 0 Å². The van der Waals surface area contributed by atoms with Crippen LogP contribution >= 0.6 is 0 Å². The van der Waals surface area contributed by atoms with Gasteiger partial charge in [-0.05, 0) is 25.1 Å². The normalized spacial score (nSPS) is 20.4. The smallest absolute Gasteiger partial charge is 0.269 e. The van der Waals surface area contributed by atoms with Gasteiger partial charge in [0.2, 0.25) is 0 Å². The molecular weight excluding hydrogens is 256 g/mol. The minimum Gasteiger partial charge on any atom is -0.389 e. The molecule has 0 aromatic rings. The van der Waals surface area contributed by atoms with Crippen LogP contribution in [-0.4, -0.2) is 28.3 Å². The zero-order chi connectivity index (χ0) is 13.5. The molecule has 0 spiro atoms. The summed E-state index contributed by atoms with van der Waals surface area (Å²) in [6.07, 6.45) is 1.36. The van der Waals surface area contributed by atoms with Gasteiger partial charge in [-0.1, -0.05) is 20.8 Å². The molecule has 0 aliphatic heterocycles. The van der Waals surface area contributed by atoms with Crippen LogP contribution in [0.4, 0.5) is 0 Å². The molecule has 1 fully saturated rings. The summed E-state index contributed by atoms with van der Waals surface area (Å²) in [5, 5.41) is 0.0575. The van der Waals surface area contributed by atoms with Gasteiger partial charge in [0, 0.05) is 12.8 Å². The van der Waals surface area contributed by atoms with E-state index in [0.29, 0.717) is 12.8 Å². The molecule has 1 rings (SSSR count). The minimum absolute atomic E-state index is 0.00435. The highest BCUT2D eigenvalue weighted by Gasteiger charge is 2.55. The molecule has 0 aromatic carbocycles. The van der Waals surface area contributed by atoms with Crippen molar-refractivity contribution in [3.05, 3.63) is 0 Å². The Morgan fingerprint density at radius 3 is 2.00 bits per heavy atom. The Labute approximate surface area is 106 Å². The fourth-order valence-electron chi connectivity index (χ4n) is 1.21. The highest BCUT2D eigenvalue weighted by molar-refractivity contribution is 7.86. The molecule has 6 heteroatoms. The second-order valence-electron chi connectivity index (χ2n) is 6.20. The van der Waals surface area contributed by atoms with Gasteiger partial charge in [0.05, 0.1) is 5.75 Å². The molecule has 0 radical (unpaired) electrons. The summed E-state index contributed by atoms with van der Waals surface area (Å²) >= 11 is 0. The van der Waals surface area contributed by atoms with Gasteiger partial charge in [-0.25, -0.2) is 4.18 Å². The second-order valence-corrected chi connectivity index (χ2v) is 12.8. The van der Waals surface area contributed by atoms with E-state index in [9.17, 15) is 8.42 Å². The van der Waals surface area contributed by atoms with Crippen LogP contribution in [0.5, 0.6) is 0 Å². The van der Waals surface area contributed by atoms with Gasteiger partial charge >= 0.3 is 0 Å². The molecular formula is C11H24O4SSi. The number of hydrogen-bond acceptors (Lipinski definition) is 4. The average molecular weight is 280 g/mol. The van der Waals surface area contributed by atoms with Crippen LogP contribution < -0.4 is 0 Å². The zero-order valence-corrected chi connectivity index (χ0v) is 13.5. The van der Waals surface area contributed by atoms with E-state index in [4.69, 9.17) is 8.61 Å². The zero-order valence-electron chi connectivity index (χ0n) is 11.7. The first-order valence-corrected chi connectivity index (χ1v) is 10.6. The van der Waals surface area contributed by atoms with Crippen molar-refractivity contribution in [2.45, 2.75) is 64.5 Å². The summed E-state index contributed by atoms with van der Waals surface area (Å²) in [6.45, 7) is 12.2. The van der Waals surface area contributed by atoms with Crippen molar-refractivity contribution in [2.75, 3.05) is 5.75 Å². The third kappa shape index (κ3) is 3.77. The van der Waals surface area contributed by atoms with E-state index in [-0.39, 0.29) is 10.8 Å². The maximum absolute atomic E-state index is 11.5. The van der Waals surface area contributed by atoms with E-state index >= 15 is 0 Å². The van der Waals surface area contributed by atoms with Crippen LogP contribution in [0.3, 0.4) is 0 Å². The molecule has 0 bridgehead atoms. The Kier molecular flexibility index (Phi) is 3.86. The summed E-state index contributed by atoms with van der Waals surface area (Å²) in [4.78, 5) is 0. The molecule has 0 atom stereocenters. The molecule has 1 saturated carbocycles. The summed E-state index contributed by atoms with van der Waals surface area (Å²) in [6, 6.07) is 0. The monoisotopic (exact) mass is 280 g/mol. The standard InChI is InChI=1S/C11H24O4SSi/c1-7-16(12,13)14-11(8-9-11)15-17(5,6)10(2,3)4/h7-9H2,1-6H3. The first-order chi connectivity index (χ1) is 7.43. The molecule has 4 nitrogen and oxygen atoms in total. The Bertz CT molecular complexity index is 377. The van der Waals surface area contributed by atoms with Crippen LogP contribution in [0.2, 0.25) is 18.1 Å². The van der Waals surface area contributed by atoms with Crippen molar-refractivity contribution in [1.29, 1.82) is 0 Å². The Morgan fingerprint density at radius 2 is 1.71 bits per heavy atom. The molecule has 1 aliphatic rings. The first kappa shape index (κ1) is 15.1. The van der Waals surface area contributed by atoms with E-state index in [2.05, 4.69) is 33.9 Å². The maximum Gasteiger partial charge on any atom is 0.269 e. The second kappa shape index (κ2) is 4.33. The largest absolute Gasteiger partial charge is 0.389 e. The quantitative estimate of drug-likeness (QED) is 0.441. The highest BCUT2D eigenvalue weighted by Crippen LogP contribution is 2.49. The molecule has 17 heavy (non-hydrogen) atoms. The van der Waals surface area contributed by atoms with E-state index in [0.717, 1.165) is 0 Å². The van der Waals surface area contributed by atoms with E-state index in [1.165, 1.54) is 0 Å². The van der Waals surface area contributed by atoms with Gasteiger partial charge in [0.1, 0.15) is 0 Å². The summed E-state index contributed by atoms with van der Waals surface area (Å²) in [5.74, 6) is -0.854. The molecule has 0 N–H and O–H groups in total. The van der Waals surface area contributed by atoms with Gasteiger partial charge in [-0.15, -0.1) is 0 Å². The lowest BCUT2D eigenvalue weighted by Gasteiger charge is -2.39. The molecule has 0 amide bonds. The fraction of sp³-hybridized carbons (Fsp3) is 1.00. The van der Waals surface area contributed by atoms with Crippen LogP contribution in [0, 0.1) is 0 Å². The predicted molar refractivity (Wildman–Crippen MR) is 70.8 cm³/mol. The van der Waals surface area contributed by atoms with Crippen LogP contribution in [0.15, 0.2) is 0 Å². The van der Waals surface area contributed by atoms with Gasteiger partial charge in [0.15, 0.2) is 14.1 Å². The third-order valence-corrected chi connectivity index (χ3v) is 9.30. The van der Waals surface area contributed by atoms with Crippen molar-refractivity contribution in [2.24, 2.45) is 0 Å². The lowest BCUT2D eigenvalue weighted by Crippen LogP contribution is -2.46. The SMILES string of the molecule is CCS(=O)(=O)OC1(O[Si](C)(C)C(C)(C)C)CC1. The van der Waals surface area contributed by atoms with Gasteiger partial charge in [-0.2, -0.15) is 8.42 Å². The summed E-state index contributed by atoms with van der Waals surface area (Å²) < 4.78 is 34.3. The van der Waals surface area contributed by atoms with Crippen LogP contribution in [0.1, 0.15) is 40.5 Å². The molecule has 0 unspecified atom stereocenters. The lowest BCUT2D eigenvalue weighted by molar-refractivity contribution is -0.0269. The van der Waals surface area contributed by atoms with Gasteiger partial charge < -0.3 is 4.43 Å².